The Hall–Kier alpha value is -1.56. The summed E-state index contributed by atoms with van der Waals surface area (Å²) < 4.78 is 0. The molecule has 1 saturated carbocycles. The fraction of sp³-hybridized carbons (Fsp3) is 0.600. The van der Waals surface area contributed by atoms with Gasteiger partial charge in [0, 0.05) is 19.1 Å². The van der Waals surface area contributed by atoms with Gasteiger partial charge in [-0.2, -0.15) is 11.3 Å². The smallest absolute Gasteiger partial charge is 0.317 e. The van der Waals surface area contributed by atoms with Gasteiger partial charge in [-0.1, -0.05) is 6.92 Å². The summed E-state index contributed by atoms with van der Waals surface area (Å²) in [4.78, 5) is 25.5. The minimum Gasteiger partial charge on any atom is -0.481 e. The third-order valence-electron chi connectivity index (χ3n) is 4.11. The van der Waals surface area contributed by atoms with Gasteiger partial charge < -0.3 is 15.3 Å². The summed E-state index contributed by atoms with van der Waals surface area (Å²) in [5, 5.41) is 16.1. The molecule has 0 radical (unpaired) electrons. The van der Waals surface area contributed by atoms with Crippen molar-refractivity contribution in [2.24, 2.45) is 5.41 Å². The Bertz CT molecular complexity index is 499. The first kappa shape index (κ1) is 15.8. The van der Waals surface area contributed by atoms with Crippen LogP contribution in [0.4, 0.5) is 4.79 Å². The second-order valence-corrected chi connectivity index (χ2v) is 6.65. The van der Waals surface area contributed by atoms with Crippen molar-refractivity contribution in [1.29, 1.82) is 0 Å². The van der Waals surface area contributed by atoms with E-state index in [0.29, 0.717) is 19.0 Å². The van der Waals surface area contributed by atoms with Crippen molar-refractivity contribution in [2.45, 2.75) is 45.7 Å². The van der Waals surface area contributed by atoms with Crippen molar-refractivity contribution in [3.8, 4) is 0 Å². The minimum absolute atomic E-state index is 0.157. The van der Waals surface area contributed by atoms with E-state index in [1.807, 2.05) is 28.7 Å². The Kier molecular flexibility index (Phi) is 4.88. The molecule has 116 valence electrons. The molecule has 1 unspecified atom stereocenters. The maximum Gasteiger partial charge on any atom is 0.317 e. The predicted octanol–water partition coefficient (Wildman–Crippen LogP) is 2.92. The molecule has 0 saturated heterocycles. The molecule has 0 bridgehead atoms. The number of carbonyl (C=O) groups is 2. The number of aliphatic carboxylic acids is 1. The standard InChI is InChI=1S/C15H22N2O3S/c1-3-15(2,13(18)19)10-16-14(20)17(12-4-5-12)8-11-6-7-21-9-11/h6-7,9,12H,3-5,8,10H2,1-2H3,(H,16,20)(H,18,19). The molecular formula is C15H22N2O3S. The van der Waals surface area contributed by atoms with Crippen LogP contribution in [0.15, 0.2) is 16.8 Å². The molecule has 0 spiro atoms. The highest BCUT2D eigenvalue weighted by molar-refractivity contribution is 7.07. The molecule has 1 fully saturated rings. The van der Waals surface area contributed by atoms with Gasteiger partial charge in [0.2, 0.25) is 0 Å². The highest BCUT2D eigenvalue weighted by Gasteiger charge is 2.35. The Morgan fingerprint density at radius 3 is 2.71 bits per heavy atom. The van der Waals surface area contributed by atoms with Gasteiger partial charge in [0.25, 0.3) is 0 Å². The number of urea groups is 1. The fourth-order valence-electron chi connectivity index (χ4n) is 2.06. The van der Waals surface area contributed by atoms with E-state index in [0.717, 1.165) is 18.4 Å². The number of amides is 2. The van der Waals surface area contributed by atoms with Gasteiger partial charge in [0.05, 0.1) is 5.41 Å². The summed E-state index contributed by atoms with van der Waals surface area (Å²) >= 11 is 1.61. The van der Waals surface area contributed by atoms with Crippen molar-refractivity contribution >= 4 is 23.3 Å². The van der Waals surface area contributed by atoms with E-state index in [9.17, 15) is 14.7 Å². The van der Waals surface area contributed by atoms with E-state index < -0.39 is 11.4 Å². The van der Waals surface area contributed by atoms with Crippen molar-refractivity contribution in [1.82, 2.24) is 10.2 Å². The number of carboxylic acids is 1. The van der Waals surface area contributed by atoms with Gasteiger partial charge in [-0.3, -0.25) is 4.79 Å². The molecule has 1 aliphatic rings. The molecule has 1 atom stereocenters. The number of thiophene rings is 1. The Morgan fingerprint density at radius 2 is 2.24 bits per heavy atom. The van der Waals surface area contributed by atoms with Gasteiger partial charge >= 0.3 is 12.0 Å². The van der Waals surface area contributed by atoms with Crippen LogP contribution in [0, 0.1) is 5.41 Å². The molecule has 1 aromatic rings. The molecule has 0 aliphatic heterocycles. The van der Waals surface area contributed by atoms with E-state index in [2.05, 4.69) is 5.32 Å². The topological polar surface area (TPSA) is 69.6 Å². The van der Waals surface area contributed by atoms with E-state index >= 15 is 0 Å². The van der Waals surface area contributed by atoms with Gasteiger partial charge in [-0.15, -0.1) is 0 Å². The lowest BCUT2D eigenvalue weighted by Gasteiger charge is -2.27. The molecule has 6 heteroatoms. The number of hydrogen-bond acceptors (Lipinski definition) is 3. The lowest BCUT2D eigenvalue weighted by atomic mass is 9.88. The van der Waals surface area contributed by atoms with Crippen molar-refractivity contribution in [3.05, 3.63) is 22.4 Å². The van der Waals surface area contributed by atoms with Crippen LogP contribution >= 0.6 is 11.3 Å². The summed E-state index contributed by atoms with van der Waals surface area (Å²) in [7, 11) is 0. The molecule has 2 amide bonds. The number of hydrogen-bond donors (Lipinski definition) is 2. The second kappa shape index (κ2) is 6.47. The average Bonchev–Trinajstić information content (AvgIpc) is 3.18. The largest absolute Gasteiger partial charge is 0.481 e. The SMILES string of the molecule is CCC(C)(CNC(=O)N(Cc1ccsc1)C1CC1)C(=O)O. The van der Waals surface area contributed by atoms with Crippen LogP contribution in [0.5, 0.6) is 0 Å². The summed E-state index contributed by atoms with van der Waals surface area (Å²) in [6, 6.07) is 2.15. The molecule has 5 nitrogen and oxygen atoms in total. The number of nitrogens with one attached hydrogen (secondary N) is 1. The van der Waals surface area contributed by atoms with Crippen LogP contribution in [-0.2, 0) is 11.3 Å². The molecule has 2 rings (SSSR count). The van der Waals surface area contributed by atoms with Crippen LogP contribution in [0.2, 0.25) is 0 Å². The van der Waals surface area contributed by atoms with E-state index in [1.54, 1.807) is 18.3 Å². The van der Waals surface area contributed by atoms with Gasteiger partial charge in [-0.25, -0.2) is 4.79 Å². The zero-order valence-corrected chi connectivity index (χ0v) is 13.3. The summed E-state index contributed by atoms with van der Waals surface area (Å²) in [6.45, 7) is 4.24. The third-order valence-corrected chi connectivity index (χ3v) is 4.84. The highest BCUT2D eigenvalue weighted by atomic mass is 32.1. The molecule has 1 heterocycles. The van der Waals surface area contributed by atoms with Crippen molar-refractivity contribution in [2.75, 3.05) is 6.54 Å². The quantitative estimate of drug-likeness (QED) is 0.813. The lowest BCUT2D eigenvalue weighted by molar-refractivity contribution is -0.147. The normalized spacial score (nSPS) is 17.0. The van der Waals surface area contributed by atoms with E-state index in [-0.39, 0.29) is 12.6 Å². The van der Waals surface area contributed by atoms with Crippen LogP contribution in [0.25, 0.3) is 0 Å². The molecule has 0 aromatic carbocycles. The number of nitrogens with zero attached hydrogens (tertiary/aromatic N) is 1. The van der Waals surface area contributed by atoms with Gasteiger partial charge in [0.1, 0.15) is 0 Å². The van der Waals surface area contributed by atoms with E-state index in [1.165, 1.54) is 0 Å². The van der Waals surface area contributed by atoms with Crippen LogP contribution in [0.1, 0.15) is 38.7 Å². The number of carbonyl (C=O) groups excluding carboxylic acids is 1. The van der Waals surface area contributed by atoms with Gasteiger partial charge in [-0.05, 0) is 48.6 Å². The van der Waals surface area contributed by atoms with Crippen LogP contribution in [0.3, 0.4) is 0 Å². The molecular weight excluding hydrogens is 288 g/mol. The summed E-state index contributed by atoms with van der Waals surface area (Å²) in [5.74, 6) is -0.874. The predicted molar refractivity (Wildman–Crippen MR) is 82.3 cm³/mol. The minimum atomic E-state index is -0.909. The average molecular weight is 310 g/mol. The molecule has 2 N–H and O–H groups in total. The zero-order chi connectivity index (χ0) is 15.5. The monoisotopic (exact) mass is 310 g/mol. The third kappa shape index (κ3) is 3.97. The van der Waals surface area contributed by atoms with Crippen molar-refractivity contribution in [3.63, 3.8) is 0 Å². The number of carboxylic acid groups (broad SMARTS) is 1. The first-order valence-corrected chi connectivity index (χ1v) is 8.19. The number of rotatable bonds is 7. The van der Waals surface area contributed by atoms with E-state index in [4.69, 9.17) is 0 Å². The summed E-state index contributed by atoms with van der Waals surface area (Å²) in [6.07, 6.45) is 2.54. The molecule has 21 heavy (non-hydrogen) atoms. The highest BCUT2D eigenvalue weighted by Crippen LogP contribution is 2.29. The molecule has 1 aliphatic carbocycles. The maximum absolute atomic E-state index is 12.4. The van der Waals surface area contributed by atoms with Crippen LogP contribution in [-0.4, -0.2) is 34.6 Å². The first-order chi connectivity index (χ1) is 9.96. The fourth-order valence-corrected chi connectivity index (χ4v) is 2.72. The lowest BCUT2D eigenvalue weighted by Crippen LogP contribution is -2.46. The maximum atomic E-state index is 12.4. The molecule has 1 aromatic heterocycles. The van der Waals surface area contributed by atoms with Gasteiger partial charge in [0.15, 0.2) is 0 Å². The Balaban J connectivity index is 1.94. The zero-order valence-electron chi connectivity index (χ0n) is 12.5. The Morgan fingerprint density at radius 1 is 1.52 bits per heavy atom. The van der Waals surface area contributed by atoms with Crippen LogP contribution < -0.4 is 5.32 Å². The van der Waals surface area contributed by atoms with Crippen molar-refractivity contribution < 1.29 is 14.7 Å². The Labute approximate surface area is 129 Å². The summed E-state index contributed by atoms with van der Waals surface area (Å²) in [5.41, 5.74) is 0.214. The first-order valence-electron chi connectivity index (χ1n) is 7.25. The second-order valence-electron chi connectivity index (χ2n) is 5.87.